The maximum Gasteiger partial charge on any atom is 0.319 e. The van der Waals surface area contributed by atoms with E-state index in [1.807, 2.05) is 25.1 Å². The lowest BCUT2D eigenvalue weighted by molar-refractivity contribution is -0.136. The number of fused-ring (bicyclic) bond motifs is 5. The molecule has 5 saturated heterocycles. The van der Waals surface area contributed by atoms with Crippen LogP contribution in [-0.4, -0.2) is 148 Å². The fourth-order valence-corrected chi connectivity index (χ4v) is 12.3. The first-order chi connectivity index (χ1) is 34.3. The molecule has 3 atom stereocenters. The number of aromatic hydroxyl groups is 1. The van der Waals surface area contributed by atoms with Crippen molar-refractivity contribution < 1.29 is 37.4 Å². The quantitative estimate of drug-likeness (QED) is 0.128. The number of amides is 3. The number of phenolic OH excluding ortho intramolecular Hbond substituents is 1. The molecule has 2 aromatic heterocycles. The standard InChI is InChI=1S/C53H59F3N10O5/c1-2-37-41(54)8-3-31-22-36(67)23-39(44(31)37)46-45(55)47-40(24-57-46)48(65-26-33-4-5-34(27-65)58-33)61-51(60-47)71-30-52(11-12-52)28-62-15-13-53(56,14-16-62)29-63-17-19-64(20-18-63)35-6-7-38-32(21-35)25-66(50(38)70)42-9-10-43(68)59-49(42)69/h3,6-8,21-24,33-34,42,58,67H,2,4-5,9-20,25-30H2,1H3,(H,59,68,69)/t33?,34?,42-/m0/s1. The zero-order chi connectivity index (χ0) is 48.8. The molecule has 1 aliphatic carbocycles. The summed E-state index contributed by atoms with van der Waals surface area (Å²) in [5.41, 5.74) is 1.71. The molecule has 0 spiro atoms. The highest BCUT2D eigenvalue weighted by atomic mass is 19.1. The number of halogens is 3. The Morgan fingerprint density at radius 2 is 1.61 bits per heavy atom. The molecule has 2 bridgehead atoms. The number of piperidine rings is 2. The van der Waals surface area contributed by atoms with Crippen molar-refractivity contribution in [1.29, 1.82) is 0 Å². The van der Waals surface area contributed by atoms with Crippen molar-refractivity contribution >= 4 is 50.9 Å². The Labute approximate surface area is 409 Å². The molecule has 372 valence electrons. The minimum atomic E-state index is -1.30. The zero-order valence-corrected chi connectivity index (χ0v) is 40.0. The molecule has 15 nitrogen and oxygen atoms in total. The smallest absolute Gasteiger partial charge is 0.319 e. The number of phenols is 1. The maximum absolute atomic E-state index is 17.2. The van der Waals surface area contributed by atoms with Crippen LogP contribution < -0.4 is 25.2 Å². The highest BCUT2D eigenvalue weighted by Gasteiger charge is 2.47. The van der Waals surface area contributed by atoms with Crippen molar-refractivity contribution in [1.82, 2.24) is 40.3 Å². The van der Waals surface area contributed by atoms with Crippen molar-refractivity contribution in [3.8, 4) is 23.0 Å². The molecule has 71 heavy (non-hydrogen) atoms. The van der Waals surface area contributed by atoms with Crippen LogP contribution in [0.4, 0.5) is 24.7 Å². The summed E-state index contributed by atoms with van der Waals surface area (Å²) in [6.07, 6.45) is 7.34. The molecule has 5 aromatic rings. The van der Waals surface area contributed by atoms with Gasteiger partial charge in [0.2, 0.25) is 11.8 Å². The van der Waals surface area contributed by atoms with Crippen LogP contribution in [-0.2, 0) is 22.6 Å². The van der Waals surface area contributed by atoms with Crippen molar-refractivity contribution in [2.24, 2.45) is 5.41 Å². The number of aryl methyl sites for hydroxylation is 1. The Bertz CT molecular complexity index is 2960. The van der Waals surface area contributed by atoms with E-state index < -0.39 is 29.3 Å². The third kappa shape index (κ3) is 8.68. The first-order valence-electron chi connectivity index (χ1n) is 25.4. The van der Waals surface area contributed by atoms with E-state index in [1.165, 1.54) is 12.1 Å². The third-order valence-corrected chi connectivity index (χ3v) is 16.4. The minimum Gasteiger partial charge on any atom is -0.508 e. The summed E-state index contributed by atoms with van der Waals surface area (Å²) in [4.78, 5) is 62.3. The van der Waals surface area contributed by atoms with Crippen LogP contribution in [0.2, 0.25) is 0 Å². The number of hydrogen-bond donors (Lipinski definition) is 3. The molecule has 3 N–H and O–H groups in total. The van der Waals surface area contributed by atoms with Gasteiger partial charge in [0, 0.05) is 119 Å². The SMILES string of the molecule is CCc1c(F)ccc2cc(O)cc(-c3ncc4c(N5CC6CCC(C5)N6)nc(OCC5(CN6CCC(F)(CN7CCN(c8ccc9c(c8)CN([C@H]8CCC(=O)NC8=O)C9=O)CC7)CC6)CC5)nc4c3F)c12. The summed E-state index contributed by atoms with van der Waals surface area (Å²) >= 11 is 0. The number of pyridine rings is 1. The fraction of sp³-hybridized carbons (Fsp3) is 0.509. The largest absolute Gasteiger partial charge is 0.508 e. The molecule has 3 aromatic carbocycles. The van der Waals surface area contributed by atoms with Gasteiger partial charge in [0.05, 0.1) is 12.0 Å². The predicted molar refractivity (Wildman–Crippen MR) is 261 cm³/mol. The van der Waals surface area contributed by atoms with Gasteiger partial charge in [0.15, 0.2) is 5.82 Å². The number of piperazine rings is 2. The van der Waals surface area contributed by atoms with Gasteiger partial charge in [-0.15, -0.1) is 0 Å². The van der Waals surface area contributed by atoms with Crippen LogP contribution in [0.15, 0.2) is 48.7 Å². The summed E-state index contributed by atoms with van der Waals surface area (Å²) in [6, 6.07) is 11.7. The number of nitrogens with zero attached hydrogens (tertiary/aromatic N) is 8. The molecule has 6 aliphatic heterocycles. The van der Waals surface area contributed by atoms with E-state index in [2.05, 4.69) is 35.2 Å². The molecule has 7 aliphatic rings. The maximum atomic E-state index is 17.2. The second kappa shape index (κ2) is 17.9. The molecule has 1 saturated carbocycles. The lowest BCUT2D eigenvalue weighted by atomic mass is 9.91. The van der Waals surface area contributed by atoms with Gasteiger partial charge in [0.1, 0.15) is 40.3 Å². The normalized spacial score (nSPS) is 24.3. The minimum absolute atomic E-state index is 0.0398. The van der Waals surface area contributed by atoms with Crippen LogP contribution in [0, 0.1) is 17.0 Å². The van der Waals surface area contributed by atoms with E-state index in [0.29, 0.717) is 105 Å². The number of anilines is 2. The van der Waals surface area contributed by atoms with Gasteiger partial charge in [0.25, 0.3) is 5.91 Å². The van der Waals surface area contributed by atoms with Gasteiger partial charge in [-0.2, -0.15) is 9.97 Å². The average Bonchev–Trinajstić information content (AvgIpc) is 3.94. The number of imide groups is 1. The molecule has 2 unspecified atom stereocenters. The zero-order valence-electron chi connectivity index (χ0n) is 40.0. The van der Waals surface area contributed by atoms with Gasteiger partial charge in [-0.1, -0.05) is 13.0 Å². The van der Waals surface area contributed by atoms with E-state index in [-0.39, 0.29) is 64.3 Å². The number of alkyl halides is 1. The first kappa shape index (κ1) is 46.0. The van der Waals surface area contributed by atoms with E-state index in [1.54, 1.807) is 23.2 Å². The van der Waals surface area contributed by atoms with Gasteiger partial charge >= 0.3 is 6.01 Å². The van der Waals surface area contributed by atoms with Crippen LogP contribution in [0.1, 0.15) is 79.8 Å². The number of hydrogen-bond acceptors (Lipinski definition) is 13. The lowest BCUT2D eigenvalue weighted by Crippen LogP contribution is -2.54. The summed E-state index contributed by atoms with van der Waals surface area (Å²) in [5.74, 6) is -1.55. The monoisotopic (exact) mass is 972 g/mol. The van der Waals surface area contributed by atoms with E-state index >= 15 is 13.2 Å². The van der Waals surface area contributed by atoms with Gasteiger partial charge in [-0.3, -0.25) is 29.6 Å². The Morgan fingerprint density at radius 1 is 0.845 bits per heavy atom. The number of carbonyl (C=O) groups is 3. The van der Waals surface area contributed by atoms with E-state index in [9.17, 15) is 19.5 Å². The van der Waals surface area contributed by atoms with Gasteiger partial charge in [-0.25, -0.2) is 13.2 Å². The second-order valence-electron chi connectivity index (χ2n) is 21.2. The summed E-state index contributed by atoms with van der Waals surface area (Å²) in [5, 5.41) is 18.3. The third-order valence-electron chi connectivity index (χ3n) is 16.4. The average molecular weight is 973 g/mol. The first-order valence-corrected chi connectivity index (χ1v) is 25.4. The molecule has 6 fully saturated rings. The number of aromatic nitrogens is 3. The van der Waals surface area contributed by atoms with Crippen molar-refractivity contribution in [3.63, 3.8) is 0 Å². The number of carbonyl (C=O) groups excluding carboxylic acids is 3. The molecule has 12 rings (SSSR count). The molecule has 0 radical (unpaired) electrons. The second-order valence-corrected chi connectivity index (χ2v) is 21.2. The Morgan fingerprint density at radius 3 is 2.34 bits per heavy atom. The predicted octanol–water partition coefficient (Wildman–Crippen LogP) is 5.88. The summed E-state index contributed by atoms with van der Waals surface area (Å²) in [6.45, 7) is 9.20. The molecule has 18 heteroatoms. The fourth-order valence-electron chi connectivity index (χ4n) is 12.3. The van der Waals surface area contributed by atoms with E-state index in [0.717, 1.165) is 69.7 Å². The number of rotatable bonds is 12. The van der Waals surface area contributed by atoms with Crippen LogP contribution in [0.5, 0.6) is 11.8 Å². The number of nitrogens with one attached hydrogen (secondary N) is 2. The number of ether oxygens (including phenoxy) is 1. The van der Waals surface area contributed by atoms with Crippen molar-refractivity contribution in [3.05, 3.63) is 77.0 Å². The molecular weight excluding hydrogens is 914 g/mol. The highest BCUT2D eigenvalue weighted by molar-refractivity contribution is 6.06. The summed E-state index contributed by atoms with van der Waals surface area (Å²) in [7, 11) is 0. The van der Waals surface area contributed by atoms with Crippen LogP contribution in [0.25, 0.3) is 32.9 Å². The number of benzene rings is 3. The van der Waals surface area contributed by atoms with Crippen LogP contribution in [0.3, 0.4) is 0 Å². The van der Waals surface area contributed by atoms with Crippen molar-refractivity contribution in [2.75, 3.05) is 81.9 Å². The van der Waals surface area contributed by atoms with Crippen molar-refractivity contribution in [2.45, 2.75) is 95.1 Å². The van der Waals surface area contributed by atoms with E-state index in [4.69, 9.17) is 14.7 Å². The molecule has 8 heterocycles. The molecule has 3 amide bonds. The Kier molecular flexibility index (Phi) is 11.6. The van der Waals surface area contributed by atoms with Gasteiger partial charge < -0.3 is 34.8 Å². The Hall–Kier alpha value is -6.11. The van der Waals surface area contributed by atoms with Crippen LogP contribution >= 0.6 is 0 Å². The summed E-state index contributed by atoms with van der Waals surface area (Å²) < 4.78 is 55.5. The Balaban J connectivity index is 0.692. The van der Waals surface area contributed by atoms with Gasteiger partial charge in [-0.05, 0) is 110 Å². The molecular formula is C53H59F3N10O5. The topological polar surface area (TPSA) is 160 Å². The number of likely N-dealkylation sites (tertiary alicyclic amines) is 1. The lowest BCUT2D eigenvalue weighted by Gasteiger charge is -2.43. The highest BCUT2D eigenvalue weighted by Crippen LogP contribution is 2.48.